The number of methoxy groups -OCH3 is 2. The zero-order valence-electron chi connectivity index (χ0n) is 13.6. The minimum absolute atomic E-state index is 0.0104. The van der Waals surface area contributed by atoms with E-state index in [4.69, 9.17) is 21.7 Å². The predicted octanol–water partition coefficient (Wildman–Crippen LogP) is 2.41. The van der Waals surface area contributed by atoms with E-state index in [1.165, 1.54) is 5.69 Å². The van der Waals surface area contributed by atoms with Gasteiger partial charge in [0.15, 0.2) is 5.11 Å². The van der Waals surface area contributed by atoms with Crippen LogP contribution in [0.5, 0.6) is 11.5 Å². The Labute approximate surface area is 141 Å². The maximum atomic E-state index is 5.60. The van der Waals surface area contributed by atoms with Crippen LogP contribution in [0.1, 0.15) is 17.3 Å². The smallest absolute Gasteiger partial charge is 0.169 e. The molecule has 122 valence electrons. The Bertz CT molecular complexity index is 714. The largest absolute Gasteiger partial charge is 0.497 e. The fourth-order valence-corrected chi connectivity index (χ4v) is 3.32. The third-order valence-corrected chi connectivity index (χ3v) is 4.68. The molecule has 1 aromatic heterocycles. The zero-order chi connectivity index (χ0) is 16.4. The highest BCUT2D eigenvalue weighted by molar-refractivity contribution is 7.80. The zero-order valence-corrected chi connectivity index (χ0v) is 14.4. The van der Waals surface area contributed by atoms with Gasteiger partial charge in [0.25, 0.3) is 0 Å². The molecule has 1 unspecified atom stereocenters. The van der Waals surface area contributed by atoms with Crippen molar-refractivity contribution in [3.8, 4) is 11.5 Å². The van der Waals surface area contributed by atoms with Crippen LogP contribution in [0, 0.1) is 0 Å². The number of hydrogen-bond acceptors (Lipinski definition) is 3. The third-order valence-electron chi connectivity index (χ3n) is 4.24. The Morgan fingerprint density at radius 2 is 2.04 bits per heavy atom. The van der Waals surface area contributed by atoms with Gasteiger partial charge in [-0.2, -0.15) is 0 Å². The van der Waals surface area contributed by atoms with E-state index in [1.807, 2.05) is 25.2 Å². The Hall–Kier alpha value is -2.21. The van der Waals surface area contributed by atoms with E-state index in [9.17, 15) is 0 Å². The molecular formula is C17H21N3O2S. The number of hydrogen-bond donors (Lipinski definition) is 1. The summed E-state index contributed by atoms with van der Waals surface area (Å²) in [5, 5.41) is 3.83. The number of rotatable bonds is 3. The number of thiocarbonyl (C=S) groups is 1. The molecule has 0 spiro atoms. The van der Waals surface area contributed by atoms with Crippen LogP contribution in [0.4, 0.5) is 0 Å². The van der Waals surface area contributed by atoms with Gasteiger partial charge in [0.05, 0.1) is 14.2 Å². The van der Waals surface area contributed by atoms with E-state index in [1.54, 1.807) is 14.2 Å². The van der Waals surface area contributed by atoms with Crippen molar-refractivity contribution in [2.45, 2.75) is 12.6 Å². The minimum atomic E-state index is -0.0104. The summed E-state index contributed by atoms with van der Waals surface area (Å²) in [4.78, 5) is 2.20. The molecule has 1 atom stereocenters. The van der Waals surface area contributed by atoms with Gasteiger partial charge < -0.3 is 24.3 Å². The Morgan fingerprint density at radius 3 is 2.74 bits per heavy atom. The lowest BCUT2D eigenvalue weighted by Gasteiger charge is -2.39. The van der Waals surface area contributed by atoms with Gasteiger partial charge >= 0.3 is 0 Å². The summed E-state index contributed by atoms with van der Waals surface area (Å²) in [5.74, 6) is 1.63. The molecule has 1 aliphatic heterocycles. The molecule has 6 heteroatoms. The molecule has 2 aromatic rings. The van der Waals surface area contributed by atoms with E-state index in [2.05, 4.69) is 33.1 Å². The van der Waals surface area contributed by atoms with Crippen LogP contribution in [0.15, 0.2) is 36.5 Å². The normalized spacial score (nSPS) is 16.7. The lowest BCUT2D eigenvalue weighted by Crippen LogP contribution is -2.46. The molecule has 0 radical (unpaired) electrons. The number of aromatic nitrogens is 1. The van der Waals surface area contributed by atoms with E-state index >= 15 is 0 Å². The summed E-state index contributed by atoms with van der Waals surface area (Å²) in [7, 11) is 5.22. The first kappa shape index (κ1) is 15.7. The molecule has 0 saturated carbocycles. The van der Waals surface area contributed by atoms with Crippen molar-refractivity contribution >= 4 is 17.3 Å². The Morgan fingerprint density at radius 1 is 1.22 bits per heavy atom. The molecule has 23 heavy (non-hydrogen) atoms. The van der Waals surface area contributed by atoms with E-state index in [0.29, 0.717) is 0 Å². The molecule has 2 heterocycles. The van der Waals surface area contributed by atoms with Gasteiger partial charge in [0, 0.05) is 37.6 Å². The van der Waals surface area contributed by atoms with E-state index in [0.717, 1.165) is 35.3 Å². The van der Waals surface area contributed by atoms with Crippen molar-refractivity contribution in [3.05, 3.63) is 47.8 Å². The monoisotopic (exact) mass is 331 g/mol. The highest BCUT2D eigenvalue weighted by atomic mass is 32.1. The van der Waals surface area contributed by atoms with Crippen molar-refractivity contribution in [1.29, 1.82) is 0 Å². The molecule has 1 aliphatic rings. The SMILES string of the molecule is CNC(=S)N1CCn2cccc2C1c1cc(OC)ccc1OC. The summed E-state index contributed by atoms with van der Waals surface area (Å²) in [6, 6.07) is 10.1. The number of fused-ring (bicyclic) bond motifs is 1. The van der Waals surface area contributed by atoms with Crippen LogP contribution >= 0.6 is 12.2 Å². The van der Waals surface area contributed by atoms with Crippen LogP contribution in [-0.4, -0.2) is 42.4 Å². The highest BCUT2D eigenvalue weighted by Gasteiger charge is 2.32. The van der Waals surface area contributed by atoms with Crippen LogP contribution < -0.4 is 14.8 Å². The molecule has 0 fully saturated rings. The van der Waals surface area contributed by atoms with Gasteiger partial charge in [-0.3, -0.25) is 0 Å². The summed E-state index contributed by atoms with van der Waals surface area (Å²) in [6.07, 6.45) is 2.11. The van der Waals surface area contributed by atoms with Crippen LogP contribution in [0.3, 0.4) is 0 Å². The number of nitrogens with zero attached hydrogens (tertiary/aromatic N) is 2. The topological polar surface area (TPSA) is 38.7 Å². The first-order chi connectivity index (χ1) is 11.2. The second-order valence-corrected chi connectivity index (χ2v) is 5.77. The van der Waals surface area contributed by atoms with Crippen LogP contribution in [0.25, 0.3) is 0 Å². The summed E-state index contributed by atoms with van der Waals surface area (Å²) in [6.45, 7) is 1.75. The fraction of sp³-hybridized carbons (Fsp3) is 0.353. The standard InChI is InChI=1S/C17H21N3O2S/c1-18-17(23)20-10-9-19-8-4-5-14(19)16(20)13-11-12(21-2)6-7-15(13)22-3/h4-8,11,16H,9-10H2,1-3H3,(H,18,23). The fourth-order valence-electron chi connectivity index (χ4n) is 3.13. The summed E-state index contributed by atoms with van der Waals surface area (Å²) >= 11 is 5.53. The van der Waals surface area contributed by atoms with E-state index in [-0.39, 0.29) is 6.04 Å². The van der Waals surface area contributed by atoms with Crippen LogP contribution in [-0.2, 0) is 6.54 Å². The Balaban J connectivity index is 2.15. The lowest BCUT2D eigenvalue weighted by atomic mass is 9.99. The molecule has 0 aliphatic carbocycles. The first-order valence-corrected chi connectivity index (χ1v) is 7.95. The van der Waals surface area contributed by atoms with E-state index < -0.39 is 0 Å². The van der Waals surface area contributed by atoms with Crippen molar-refractivity contribution in [2.75, 3.05) is 27.8 Å². The maximum absolute atomic E-state index is 5.60. The Kier molecular flexibility index (Phi) is 4.43. The average molecular weight is 331 g/mol. The van der Waals surface area contributed by atoms with Gasteiger partial charge in [-0.25, -0.2) is 0 Å². The maximum Gasteiger partial charge on any atom is 0.169 e. The summed E-state index contributed by atoms with van der Waals surface area (Å²) in [5.41, 5.74) is 2.24. The minimum Gasteiger partial charge on any atom is -0.497 e. The van der Waals surface area contributed by atoms with Crippen molar-refractivity contribution in [1.82, 2.24) is 14.8 Å². The molecule has 0 amide bonds. The predicted molar refractivity (Wildman–Crippen MR) is 94.2 cm³/mol. The third kappa shape index (κ3) is 2.74. The van der Waals surface area contributed by atoms with Crippen LogP contribution in [0.2, 0.25) is 0 Å². The lowest BCUT2D eigenvalue weighted by molar-refractivity contribution is 0.279. The van der Waals surface area contributed by atoms with Gasteiger partial charge in [0.2, 0.25) is 0 Å². The van der Waals surface area contributed by atoms with Gasteiger partial charge in [-0.05, 0) is 42.5 Å². The second-order valence-electron chi connectivity index (χ2n) is 5.39. The quantitative estimate of drug-likeness (QED) is 0.875. The van der Waals surface area contributed by atoms with Crippen molar-refractivity contribution < 1.29 is 9.47 Å². The van der Waals surface area contributed by atoms with Gasteiger partial charge in [-0.15, -0.1) is 0 Å². The summed E-state index contributed by atoms with van der Waals surface area (Å²) < 4.78 is 13.3. The highest BCUT2D eigenvalue weighted by Crippen LogP contribution is 2.39. The second kappa shape index (κ2) is 6.50. The van der Waals surface area contributed by atoms with Gasteiger partial charge in [-0.1, -0.05) is 0 Å². The molecule has 5 nitrogen and oxygen atoms in total. The van der Waals surface area contributed by atoms with Gasteiger partial charge in [0.1, 0.15) is 17.5 Å². The molecule has 1 N–H and O–H groups in total. The average Bonchev–Trinajstić information content (AvgIpc) is 3.08. The van der Waals surface area contributed by atoms with Crippen molar-refractivity contribution in [3.63, 3.8) is 0 Å². The number of benzene rings is 1. The molecular weight excluding hydrogens is 310 g/mol. The molecule has 3 rings (SSSR count). The van der Waals surface area contributed by atoms with Crippen molar-refractivity contribution in [2.24, 2.45) is 0 Å². The molecule has 0 saturated heterocycles. The molecule has 0 bridgehead atoms. The number of ether oxygens (including phenoxy) is 2. The number of nitrogens with one attached hydrogen (secondary N) is 1. The molecule has 1 aromatic carbocycles. The first-order valence-electron chi connectivity index (χ1n) is 7.55.